The Balaban J connectivity index is 1.46. The molecular formula is C25H32N4O3S2. The molecule has 1 aromatic carbocycles. The summed E-state index contributed by atoms with van der Waals surface area (Å²) in [6.07, 6.45) is 0.890. The maximum Gasteiger partial charge on any atom is 0.270 e. The van der Waals surface area contributed by atoms with Crippen LogP contribution in [0, 0.1) is 0 Å². The number of hydrogen-bond donors (Lipinski definition) is 0. The maximum absolute atomic E-state index is 13.3. The Morgan fingerprint density at radius 1 is 1.15 bits per heavy atom. The minimum Gasteiger partial charge on any atom is -0.492 e. The predicted molar refractivity (Wildman–Crippen MR) is 139 cm³/mol. The summed E-state index contributed by atoms with van der Waals surface area (Å²) < 4.78 is 11.3. The number of anilines is 1. The van der Waals surface area contributed by atoms with Crippen molar-refractivity contribution < 1.29 is 14.3 Å². The van der Waals surface area contributed by atoms with Crippen LogP contribution in [0.15, 0.2) is 47.2 Å². The summed E-state index contributed by atoms with van der Waals surface area (Å²) in [6.45, 7) is 6.54. The third-order valence-electron chi connectivity index (χ3n) is 5.60. The van der Waals surface area contributed by atoms with Gasteiger partial charge < -0.3 is 14.4 Å². The molecule has 1 fully saturated rings. The average Bonchev–Trinajstić information content (AvgIpc) is 3.55. The van der Waals surface area contributed by atoms with E-state index < -0.39 is 0 Å². The number of thiophene rings is 1. The van der Waals surface area contributed by atoms with E-state index in [4.69, 9.17) is 14.5 Å². The molecule has 1 amide bonds. The molecule has 3 heterocycles. The lowest BCUT2D eigenvalue weighted by molar-refractivity contribution is 0.0376. The molecule has 0 unspecified atom stereocenters. The van der Waals surface area contributed by atoms with Gasteiger partial charge in [-0.3, -0.25) is 14.6 Å². The zero-order chi connectivity index (χ0) is 23.8. The van der Waals surface area contributed by atoms with Crippen molar-refractivity contribution in [3.05, 3.63) is 52.0 Å². The average molecular weight is 501 g/mol. The first-order valence-corrected chi connectivity index (χ1v) is 13.3. The van der Waals surface area contributed by atoms with Gasteiger partial charge in [0.05, 0.1) is 23.8 Å². The van der Waals surface area contributed by atoms with E-state index in [-0.39, 0.29) is 5.91 Å². The van der Waals surface area contributed by atoms with Crippen molar-refractivity contribution >= 4 is 33.7 Å². The minimum absolute atomic E-state index is 0.0126. The number of rotatable bonds is 11. The monoisotopic (exact) mass is 500 g/mol. The number of amides is 1. The van der Waals surface area contributed by atoms with Gasteiger partial charge in [-0.25, -0.2) is 4.98 Å². The summed E-state index contributed by atoms with van der Waals surface area (Å²) >= 11 is 2.98. The van der Waals surface area contributed by atoms with Crippen LogP contribution in [0.2, 0.25) is 0 Å². The summed E-state index contributed by atoms with van der Waals surface area (Å²) in [5.41, 5.74) is 1.84. The Morgan fingerprint density at radius 3 is 2.76 bits per heavy atom. The van der Waals surface area contributed by atoms with Crippen LogP contribution >= 0.6 is 22.7 Å². The van der Waals surface area contributed by atoms with Crippen LogP contribution in [-0.4, -0.2) is 87.3 Å². The molecule has 1 aliphatic rings. The van der Waals surface area contributed by atoms with E-state index in [0.29, 0.717) is 13.2 Å². The summed E-state index contributed by atoms with van der Waals surface area (Å²) in [5.74, 6) is 0.838. The molecule has 0 bridgehead atoms. The van der Waals surface area contributed by atoms with E-state index in [1.165, 1.54) is 22.7 Å². The highest BCUT2D eigenvalue weighted by Crippen LogP contribution is 2.31. The largest absolute Gasteiger partial charge is 0.492 e. The molecule has 34 heavy (non-hydrogen) atoms. The lowest BCUT2D eigenvalue weighted by atomic mass is 10.2. The molecule has 0 atom stereocenters. The highest BCUT2D eigenvalue weighted by molar-refractivity contribution is 7.14. The molecule has 3 aromatic rings. The Bertz CT molecular complexity index is 1030. The first-order chi connectivity index (χ1) is 16.6. The van der Waals surface area contributed by atoms with E-state index >= 15 is 0 Å². The fourth-order valence-electron chi connectivity index (χ4n) is 3.71. The maximum atomic E-state index is 13.3. The number of carbonyl (C=O) groups excluding carboxylic acids is 1. The van der Waals surface area contributed by atoms with Gasteiger partial charge in [0.25, 0.3) is 5.91 Å². The Morgan fingerprint density at radius 2 is 2.00 bits per heavy atom. The zero-order valence-electron chi connectivity index (χ0n) is 19.8. The third-order valence-corrected chi connectivity index (χ3v) is 7.32. The molecule has 0 saturated carbocycles. The van der Waals surface area contributed by atoms with E-state index in [9.17, 15) is 4.79 Å². The summed E-state index contributed by atoms with van der Waals surface area (Å²) in [7, 11) is 4.06. The molecule has 1 saturated heterocycles. The molecule has 0 radical (unpaired) electrons. The van der Waals surface area contributed by atoms with Crippen LogP contribution < -0.4 is 9.64 Å². The number of hydrogen-bond acceptors (Lipinski definition) is 8. The van der Waals surface area contributed by atoms with Crippen molar-refractivity contribution in [3.63, 3.8) is 0 Å². The quantitative estimate of drug-likeness (QED) is 0.394. The normalized spacial score (nSPS) is 14.4. The first kappa shape index (κ1) is 24.8. The number of nitrogens with zero attached hydrogens (tertiary/aromatic N) is 4. The number of carbonyl (C=O) groups is 1. The molecule has 182 valence electrons. The number of aromatic nitrogens is 1. The van der Waals surface area contributed by atoms with Crippen molar-refractivity contribution in [3.8, 4) is 17.0 Å². The van der Waals surface area contributed by atoms with Crippen LogP contribution in [0.1, 0.15) is 16.1 Å². The van der Waals surface area contributed by atoms with Gasteiger partial charge in [0.1, 0.15) is 12.4 Å². The predicted octanol–water partition coefficient (Wildman–Crippen LogP) is 4.18. The number of morpholine rings is 1. The molecule has 2 aromatic heterocycles. The third kappa shape index (κ3) is 6.86. The first-order valence-electron chi connectivity index (χ1n) is 11.6. The zero-order valence-corrected chi connectivity index (χ0v) is 21.4. The lowest BCUT2D eigenvalue weighted by Crippen LogP contribution is -2.39. The van der Waals surface area contributed by atoms with Crippen LogP contribution in [-0.2, 0) is 4.74 Å². The number of benzene rings is 1. The highest BCUT2D eigenvalue weighted by atomic mass is 32.1. The Kier molecular flexibility index (Phi) is 9.06. The van der Waals surface area contributed by atoms with Crippen LogP contribution in [0.4, 0.5) is 5.13 Å². The van der Waals surface area contributed by atoms with Crippen LogP contribution in [0.3, 0.4) is 0 Å². The summed E-state index contributed by atoms with van der Waals surface area (Å²) in [6, 6.07) is 11.8. The Labute approximate surface area is 209 Å². The summed E-state index contributed by atoms with van der Waals surface area (Å²) in [5, 5.41) is 4.69. The van der Waals surface area contributed by atoms with E-state index in [1.807, 2.05) is 66.2 Å². The second-order valence-electron chi connectivity index (χ2n) is 8.44. The second kappa shape index (κ2) is 12.4. The van der Waals surface area contributed by atoms with Gasteiger partial charge in [-0.1, -0.05) is 18.2 Å². The number of thiazole rings is 1. The number of likely N-dealkylation sites (N-methyl/N-ethyl adjacent to an activating group) is 1. The molecule has 0 N–H and O–H groups in total. The van der Waals surface area contributed by atoms with Gasteiger partial charge in [-0.15, -0.1) is 22.7 Å². The van der Waals surface area contributed by atoms with Gasteiger partial charge >= 0.3 is 0 Å². The summed E-state index contributed by atoms with van der Waals surface area (Å²) in [4.78, 5) is 25.2. The van der Waals surface area contributed by atoms with Gasteiger partial charge in [-0.2, -0.15) is 0 Å². The molecular weight excluding hydrogens is 468 g/mol. The highest BCUT2D eigenvalue weighted by Gasteiger charge is 2.22. The molecule has 7 nitrogen and oxygen atoms in total. The van der Waals surface area contributed by atoms with Gasteiger partial charge in [0.2, 0.25) is 0 Å². The SMILES string of the molecule is CN(C)CCOc1cccc(-c2csc(N(CCCN3CCOCC3)C(=O)c3cccs3)n2)c1. The van der Waals surface area contributed by atoms with Crippen molar-refractivity contribution in [1.82, 2.24) is 14.8 Å². The van der Waals surface area contributed by atoms with Crippen molar-refractivity contribution in [2.24, 2.45) is 0 Å². The fraction of sp³-hybridized carbons (Fsp3) is 0.440. The van der Waals surface area contributed by atoms with Crippen molar-refractivity contribution in [2.45, 2.75) is 6.42 Å². The second-order valence-corrected chi connectivity index (χ2v) is 10.2. The van der Waals surface area contributed by atoms with Crippen molar-refractivity contribution in [1.29, 1.82) is 0 Å². The molecule has 9 heteroatoms. The number of ether oxygens (including phenoxy) is 2. The molecule has 1 aliphatic heterocycles. The Hall–Kier alpha value is -2.30. The van der Waals surface area contributed by atoms with Crippen LogP contribution in [0.25, 0.3) is 11.3 Å². The minimum atomic E-state index is 0.0126. The van der Waals surface area contributed by atoms with Gasteiger partial charge in [0, 0.05) is 43.7 Å². The lowest BCUT2D eigenvalue weighted by Gasteiger charge is -2.27. The van der Waals surface area contributed by atoms with Crippen molar-refractivity contribution in [2.75, 3.05) is 71.5 Å². The molecule has 0 spiro atoms. The van der Waals surface area contributed by atoms with Crippen LogP contribution in [0.5, 0.6) is 5.75 Å². The smallest absolute Gasteiger partial charge is 0.270 e. The molecule has 4 rings (SSSR count). The standard InChI is InChI=1S/C25H32N4O3S2/c1-27(2)11-16-32-21-7-3-6-20(18-21)22-19-34-25(26-22)29(24(30)23-8-4-17-33-23)10-5-9-28-12-14-31-15-13-28/h3-4,6-8,17-19H,5,9-16H2,1-2H3. The molecule has 0 aliphatic carbocycles. The van der Waals surface area contributed by atoms with Gasteiger partial charge in [-0.05, 0) is 44.1 Å². The van der Waals surface area contributed by atoms with E-state index in [2.05, 4.69) is 9.80 Å². The van der Waals surface area contributed by atoms with Gasteiger partial charge in [0.15, 0.2) is 5.13 Å². The van der Waals surface area contributed by atoms with E-state index in [1.54, 1.807) is 0 Å². The topological polar surface area (TPSA) is 58.1 Å². The fourth-order valence-corrected chi connectivity index (χ4v) is 5.24. The van der Waals surface area contributed by atoms with E-state index in [0.717, 1.165) is 72.8 Å².